The van der Waals surface area contributed by atoms with E-state index in [-0.39, 0.29) is 5.56 Å². The van der Waals surface area contributed by atoms with Crippen LogP contribution in [0.3, 0.4) is 0 Å². The molecule has 3 aromatic heterocycles. The van der Waals surface area contributed by atoms with E-state index >= 15 is 0 Å². The SMILES string of the molecule is O=C(O)c1c(F)cc(-c2ccc3ncn(Cc4ccc5ncccc5c4)c3n2)cc1F. The van der Waals surface area contributed by atoms with Crippen molar-refractivity contribution in [2.24, 2.45) is 0 Å². The number of rotatable bonds is 4. The molecular formula is C23H14F2N4O2. The van der Waals surface area contributed by atoms with Gasteiger partial charge in [-0.3, -0.25) is 4.98 Å². The maximum atomic E-state index is 14.1. The second kappa shape index (κ2) is 7.24. The van der Waals surface area contributed by atoms with E-state index in [1.54, 1.807) is 24.7 Å². The summed E-state index contributed by atoms with van der Waals surface area (Å²) < 4.78 is 30.1. The number of aromatic carboxylic acids is 1. The molecule has 6 nitrogen and oxygen atoms in total. The van der Waals surface area contributed by atoms with Crippen LogP contribution in [0.2, 0.25) is 0 Å². The second-order valence-corrected chi connectivity index (χ2v) is 7.06. The number of hydrogen-bond acceptors (Lipinski definition) is 4. The van der Waals surface area contributed by atoms with Gasteiger partial charge in [0.25, 0.3) is 0 Å². The standard InChI is InChI=1S/C23H14F2N4O2/c24-16-9-15(10-17(25)21(16)23(30)31)19-5-6-20-22(28-19)29(12-27-20)11-13-3-4-18-14(8-13)2-1-7-26-18/h1-10,12H,11H2,(H,30,31). The number of pyridine rings is 2. The summed E-state index contributed by atoms with van der Waals surface area (Å²) in [5.41, 5.74) is 2.57. The molecule has 0 saturated heterocycles. The van der Waals surface area contributed by atoms with Crippen molar-refractivity contribution in [1.82, 2.24) is 19.5 Å². The van der Waals surface area contributed by atoms with Crippen molar-refractivity contribution in [1.29, 1.82) is 0 Å². The highest BCUT2D eigenvalue weighted by molar-refractivity contribution is 5.89. The molecule has 0 amide bonds. The molecule has 31 heavy (non-hydrogen) atoms. The smallest absolute Gasteiger partial charge is 0.341 e. The Morgan fingerprint density at radius 2 is 1.74 bits per heavy atom. The van der Waals surface area contributed by atoms with Crippen LogP contribution in [0.1, 0.15) is 15.9 Å². The van der Waals surface area contributed by atoms with Gasteiger partial charge in [-0.15, -0.1) is 0 Å². The van der Waals surface area contributed by atoms with E-state index < -0.39 is 23.2 Å². The summed E-state index contributed by atoms with van der Waals surface area (Å²) in [5, 5.41) is 9.97. The fourth-order valence-corrected chi connectivity index (χ4v) is 3.56. The molecule has 8 heteroatoms. The summed E-state index contributed by atoms with van der Waals surface area (Å²) in [6, 6.07) is 15.1. The minimum Gasteiger partial charge on any atom is -0.477 e. The van der Waals surface area contributed by atoms with Crippen LogP contribution in [0.4, 0.5) is 8.78 Å². The minimum atomic E-state index is -1.66. The Morgan fingerprint density at radius 3 is 2.52 bits per heavy atom. The van der Waals surface area contributed by atoms with Crippen molar-refractivity contribution in [2.45, 2.75) is 6.54 Å². The van der Waals surface area contributed by atoms with Gasteiger partial charge in [-0.2, -0.15) is 0 Å². The number of nitrogens with zero attached hydrogens (tertiary/aromatic N) is 4. The summed E-state index contributed by atoms with van der Waals surface area (Å²) in [4.78, 5) is 24.2. The van der Waals surface area contributed by atoms with Crippen LogP contribution < -0.4 is 0 Å². The van der Waals surface area contributed by atoms with Crippen molar-refractivity contribution in [3.8, 4) is 11.3 Å². The monoisotopic (exact) mass is 416 g/mol. The first-order valence-corrected chi connectivity index (χ1v) is 9.38. The van der Waals surface area contributed by atoms with Crippen LogP contribution in [-0.4, -0.2) is 30.6 Å². The normalized spacial score (nSPS) is 11.3. The van der Waals surface area contributed by atoms with Gasteiger partial charge in [0.1, 0.15) is 22.7 Å². The number of benzene rings is 2. The Balaban J connectivity index is 1.54. The highest BCUT2D eigenvalue weighted by atomic mass is 19.1. The Bertz CT molecular complexity index is 1460. The van der Waals surface area contributed by atoms with E-state index in [0.717, 1.165) is 28.6 Å². The zero-order chi connectivity index (χ0) is 21.5. The number of hydrogen-bond donors (Lipinski definition) is 1. The lowest BCUT2D eigenvalue weighted by atomic mass is 10.1. The second-order valence-electron chi connectivity index (χ2n) is 7.06. The number of carboxylic acids is 1. The Kier molecular flexibility index (Phi) is 4.39. The van der Waals surface area contributed by atoms with Crippen LogP contribution in [0, 0.1) is 11.6 Å². The number of aromatic nitrogens is 4. The lowest BCUT2D eigenvalue weighted by Crippen LogP contribution is -2.05. The molecule has 152 valence electrons. The first-order valence-electron chi connectivity index (χ1n) is 9.38. The first kappa shape index (κ1) is 18.8. The van der Waals surface area contributed by atoms with Gasteiger partial charge < -0.3 is 9.67 Å². The van der Waals surface area contributed by atoms with E-state index in [9.17, 15) is 13.6 Å². The third kappa shape index (κ3) is 3.38. The molecule has 0 unspecified atom stereocenters. The highest BCUT2D eigenvalue weighted by Gasteiger charge is 2.19. The number of fused-ring (bicyclic) bond motifs is 2. The minimum absolute atomic E-state index is 0.145. The van der Waals surface area contributed by atoms with Gasteiger partial charge in [-0.1, -0.05) is 12.1 Å². The van der Waals surface area contributed by atoms with Gasteiger partial charge >= 0.3 is 5.97 Å². The molecule has 0 atom stereocenters. The van der Waals surface area contributed by atoms with E-state index in [1.807, 2.05) is 34.9 Å². The van der Waals surface area contributed by atoms with Crippen molar-refractivity contribution >= 4 is 28.0 Å². The third-order valence-corrected chi connectivity index (χ3v) is 5.03. The summed E-state index contributed by atoms with van der Waals surface area (Å²) >= 11 is 0. The average molecular weight is 416 g/mol. The van der Waals surface area contributed by atoms with Crippen LogP contribution in [0.25, 0.3) is 33.3 Å². The Labute approximate surface area is 174 Å². The van der Waals surface area contributed by atoms with Crippen LogP contribution >= 0.6 is 0 Å². The average Bonchev–Trinajstić information content (AvgIpc) is 3.15. The molecular weight excluding hydrogens is 402 g/mol. The molecule has 5 rings (SSSR count). The van der Waals surface area contributed by atoms with E-state index in [1.165, 1.54) is 0 Å². The first-order chi connectivity index (χ1) is 15.0. The van der Waals surface area contributed by atoms with Crippen molar-refractivity contribution in [3.63, 3.8) is 0 Å². The number of carbonyl (C=O) groups is 1. The van der Waals surface area contributed by atoms with Gasteiger partial charge in [0.05, 0.1) is 24.1 Å². The quantitative estimate of drug-likeness (QED) is 0.460. The third-order valence-electron chi connectivity index (χ3n) is 5.03. The molecule has 0 spiro atoms. The Hall–Kier alpha value is -4.20. The summed E-state index contributed by atoms with van der Waals surface area (Å²) in [7, 11) is 0. The number of halogens is 2. The van der Waals surface area contributed by atoms with Crippen LogP contribution in [0.5, 0.6) is 0 Å². The van der Waals surface area contributed by atoms with Crippen molar-refractivity contribution in [2.75, 3.05) is 0 Å². The van der Waals surface area contributed by atoms with E-state index in [2.05, 4.69) is 15.0 Å². The molecule has 0 radical (unpaired) electrons. The molecule has 5 aromatic rings. The lowest BCUT2D eigenvalue weighted by molar-refractivity contribution is 0.0686. The summed E-state index contributed by atoms with van der Waals surface area (Å²) in [6.45, 7) is 0.498. The van der Waals surface area contributed by atoms with Gasteiger partial charge in [0.2, 0.25) is 0 Å². The fourth-order valence-electron chi connectivity index (χ4n) is 3.56. The largest absolute Gasteiger partial charge is 0.477 e. The van der Waals surface area contributed by atoms with Crippen molar-refractivity contribution < 1.29 is 18.7 Å². The maximum absolute atomic E-state index is 14.1. The predicted molar refractivity (Wildman–Crippen MR) is 111 cm³/mol. The zero-order valence-corrected chi connectivity index (χ0v) is 16.0. The predicted octanol–water partition coefficient (Wildman–Crippen LogP) is 4.67. The van der Waals surface area contributed by atoms with Crippen molar-refractivity contribution in [3.05, 3.63) is 89.9 Å². The van der Waals surface area contributed by atoms with Gasteiger partial charge in [-0.05, 0) is 48.0 Å². The van der Waals surface area contributed by atoms with E-state index in [4.69, 9.17) is 5.11 Å². The van der Waals surface area contributed by atoms with E-state index in [0.29, 0.717) is 23.4 Å². The topological polar surface area (TPSA) is 80.9 Å². The molecule has 1 N–H and O–H groups in total. The Morgan fingerprint density at radius 1 is 0.968 bits per heavy atom. The number of carboxylic acid groups (broad SMARTS) is 1. The molecule has 0 aliphatic heterocycles. The van der Waals surface area contributed by atoms with Crippen LogP contribution in [-0.2, 0) is 6.54 Å². The van der Waals surface area contributed by atoms with Gasteiger partial charge in [0.15, 0.2) is 5.65 Å². The van der Waals surface area contributed by atoms with Gasteiger partial charge in [-0.25, -0.2) is 23.5 Å². The molecule has 0 bridgehead atoms. The summed E-state index contributed by atoms with van der Waals surface area (Å²) in [6.07, 6.45) is 3.40. The maximum Gasteiger partial charge on any atom is 0.341 e. The molecule has 0 saturated carbocycles. The zero-order valence-electron chi connectivity index (χ0n) is 16.0. The number of imidazole rings is 1. The van der Waals surface area contributed by atoms with Crippen LogP contribution in [0.15, 0.2) is 67.1 Å². The lowest BCUT2D eigenvalue weighted by Gasteiger charge is -2.08. The summed E-state index contributed by atoms with van der Waals surface area (Å²) in [5.74, 6) is -3.96. The molecule has 0 fully saturated rings. The molecule has 0 aliphatic rings. The van der Waals surface area contributed by atoms with Gasteiger partial charge in [0, 0.05) is 17.1 Å². The molecule has 0 aliphatic carbocycles. The molecule has 2 aromatic carbocycles. The fraction of sp³-hybridized carbons (Fsp3) is 0.0435. The molecule has 3 heterocycles. The highest BCUT2D eigenvalue weighted by Crippen LogP contribution is 2.25.